The van der Waals surface area contributed by atoms with Gasteiger partial charge in [0.2, 0.25) is 0 Å². The Morgan fingerprint density at radius 1 is 1.10 bits per heavy atom. The SMILES string of the molecule is CC(C)(CO)Nc1ccc2nnc(-c3ccccc3)n2n1. The average Bonchev–Trinajstić information content (AvgIpc) is 2.91. The molecule has 0 saturated heterocycles. The molecule has 3 rings (SSSR count). The summed E-state index contributed by atoms with van der Waals surface area (Å²) in [5, 5.41) is 25.4. The fraction of sp³-hybridized carbons (Fsp3) is 0.267. The first-order chi connectivity index (χ1) is 10.1. The molecule has 0 radical (unpaired) electrons. The van der Waals surface area contributed by atoms with E-state index in [1.165, 1.54) is 0 Å². The van der Waals surface area contributed by atoms with Crippen LogP contribution in [0.5, 0.6) is 0 Å². The molecule has 2 N–H and O–H groups in total. The summed E-state index contributed by atoms with van der Waals surface area (Å²) in [4.78, 5) is 0. The van der Waals surface area contributed by atoms with Gasteiger partial charge in [0.25, 0.3) is 0 Å². The number of nitrogens with zero attached hydrogens (tertiary/aromatic N) is 4. The van der Waals surface area contributed by atoms with E-state index >= 15 is 0 Å². The lowest BCUT2D eigenvalue weighted by molar-refractivity contribution is 0.233. The lowest BCUT2D eigenvalue weighted by Gasteiger charge is -2.23. The zero-order chi connectivity index (χ0) is 14.9. The predicted octanol–water partition coefficient (Wildman–Crippen LogP) is 1.97. The predicted molar refractivity (Wildman–Crippen MR) is 81.0 cm³/mol. The van der Waals surface area contributed by atoms with Crippen LogP contribution in [0, 0.1) is 0 Å². The zero-order valence-electron chi connectivity index (χ0n) is 12.0. The highest BCUT2D eigenvalue weighted by molar-refractivity contribution is 5.59. The molecule has 0 aliphatic carbocycles. The molecule has 3 aromatic rings. The minimum absolute atomic E-state index is 0.0143. The summed E-state index contributed by atoms with van der Waals surface area (Å²) >= 11 is 0. The van der Waals surface area contributed by atoms with Crippen molar-refractivity contribution in [2.75, 3.05) is 11.9 Å². The fourth-order valence-electron chi connectivity index (χ4n) is 2.01. The van der Waals surface area contributed by atoms with Crippen LogP contribution in [-0.4, -0.2) is 37.1 Å². The van der Waals surface area contributed by atoms with Crippen LogP contribution in [0.4, 0.5) is 5.82 Å². The largest absolute Gasteiger partial charge is 0.394 e. The number of anilines is 1. The van der Waals surface area contributed by atoms with E-state index in [0.717, 1.165) is 5.56 Å². The van der Waals surface area contributed by atoms with Gasteiger partial charge in [-0.15, -0.1) is 15.3 Å². The van der Waals surface area contributed by atoms with Gasteiger partial charge in [-0.25, -0.2) is 0 Å². The third-order valence-electron chi connectivity index (χ3n) is 3.16. The second kappa shape index (κ2) is 5.14. The van der Waals surface area contributed by atoms with Crippen LogP contribution in [-0.2, 0) is 0 Å². The zero-order valence-corrected chi connectivity index (χ0v) is 12.0. The summed E-state index contributed by atoms with van der Waals surface area (Å²) in [6, 6.07) is 13.5. The highest BCUT2D eigenvalue weighted by Crippen LogP contribution is 2.19. The Morgan fingerprint density at radius 3 is 2.57 bits per heavy atom. The normalized spacial score (nSPS) is 11.8. The summed E-state index contributed by atoms with van der Waals surface area (Å²) in [6.07, 6.45) is 0. The van der Waals surface area contributed by atoms with E-state index < -0.39 is 5.54 Å². The molecule has 2 heterocycles. The maximum atomic E-state index is 9.34. The van der Waals surface area contributed by atoms with E-state index in [9.17, 15) is 5.11 Å². The van der Waals surface area contributed by atoms with Crippen molar-refractivity contribution in [3.8, 4) is 11.4 Å². The quantitative estimate of drug-likeness (QED) is 0.765. The molecule has 1 aromatic carbocycles. The van der Waals surface area contributed by atoms with Crippen molar-refractivity contribution in [2.24, 2.45) is 0 Å². The van der Waals surface area contributed by atoms with Gasteiger partial charge < -0.3 is 10.4 Å². The van der Waals surface area contributed by atoms with Crippen LogP contribution in [0.15, 0.2) is 42.5 Å². The minimum Gasteiger partial charge on any atom is -0.394 e. The van der Waals surface area contributed by atoms with Crippen molar-refractivity contribution >= 4 is 11.5 Å². The second-order valence-electron chi connectivity index (χ2n) is 5.55. The number of nitrogens with one attached hydrogen (secondary N) is 1. The monoisotopic (exact) mass is 283 g/mol. The fourth-order valence-corrected chi connectivity index (χ4v) is 2.01. The maximum Gasteiger partial charge on any atom is 0.185 e. The van der Waals surface area contributed by atoms with Crippen molar-refractivity contribution in [3.63, 3.8) is 0 Å². The Labute approximate surface area is 122 Å². The number of fused-ring (bicyclic) bond motifs is 1. The number of aliphatic hydroxyl groups is 1. The first-order valence-corrected chi connectivity index (χ1v) is 6.76. The summed E-state index contributed by atoms with van der Waals surface area (Å²) in [6.45, 7) is 3.83. The minimum atomic E-state index is -0.443. The van der Waals surface area contributed by atoms with Crippen molar-refractivity contribution in [2.45, 2.75) is 19.4 Å². The van der Waals surface area contributed by atoms with Crippen molar-refractivity contribution in [3.05, 3.63) is 42.5 Å². The molecule has 108 valence electrons. The molecule has 0 aliphatic heterocycles. The lowest BCUT2D eigenvalue weighted by Crippen LogP contribution is -2.35. The Hall–Kier alpha value is -2.47. The molecule has 0 spiro atoms. The van der Waals surface area contributed by atoms with E-state index in [-0.39, 0.29) is 6.61 Å². The Bertz CT molecular complexity index is 751. The first-order valence-electron chi connectivity index (χ1n) is 6.76. The van der Waals surface area contributed by atoms with Gasteiger partial charge in [0, 0.05) is 5.56 Å². The molecule has 0 saturated carbocycles. The van der Waals surface area contributed by atoms with Gasteiger partial charge in [0.15, 0.2) is 11.5 Å². The second-order valence-corrected chi connectivity index (χ2v) is 5.55. The number of rotatable bonds is 4. The van der Waals surface area contributed by atoms with Crippen LogP contribution >= 0.6 is 0 Å². The van der Waals surface area contributed by atoms with E-state index in [4.69, 9.17) is 0 Å². The smallest absolute Gasteiger partial charge is 0.185 e. The Kier molecular flexibility index (Phi) is 3.31. The number of benzene rings is 1. The number of hydrogen-bond acceptors (Lipinski definition) is 5. The van der Waals surface area contributed by atoms with Crippen LogP contribution in [0.25, 0.3) is 17.0 Å². The molecule has 0 amide bonds. The number of aliphatic hydroxyl groups excluding tert-OH is 1. The molecule has 0 aliphatic rings. The lowest BCUT2D eigenvalue weighted by atomic mass is 10.1. The first kappa shape index (κ1) is 13.5. The highest BCUT2D eigenvalue weighted by atomic mass is 16.3. The standard InChI is InChI=1S/C15H17N5O/c1-15(2,10-21)16-12-8-9-13-17-18-14(20(13)19-12)11-6-4-3-5-7-11/h3-9,21H,10H2,1-2H3,(H,16,19). The van der Waals surface area contributed by atoms with Crippen LogP contribution in [0.2, 0.25) is 0 Å². The van der Waals surface area contributed by atoms with E-state index in [2.05, 4.69) is 20.6 Å². The van der Waals surface area contributed by atoms with Gasteiger partial charge in [-0.1, -0.05) is 30.3 Å². The molecule has 0 atom stereocenters. The molecular weight excluding hydrogens is 266 g/mol. The molecule has 21 heavy (non-hydrogen) atoms. The molecular formula is C15H17N5O. The van der Waals surface area contributed by atoms with Gasteiger partial charge in [-0.3, -0.25) is 0 Å². The third kappa shape index (κ3) is 2.71. The van der Waals surface area contributed by atoms with Gasteiger partial charge in [0.05, 0.1) is 12.1 Å². The average molecular weight is 283 g/mol. The molecule has 2 aromatic heterocycles. The molecule has 0 unspecified atom stereocenters. The Morgan fingerprint density at radius 2 is 1.86 bits per heavy atom. The van der Waals surface area contributed by atoms with Crippen molar-refractivity contribution in [1.82, 2.24) is 19.8 Å². The third-order valence-corrected chi connectivity index (χ3v) is 3.16. The van der Waals surface area contributed by atoms with Gasteiger partial charge in [0.1, 0.15) is 5.82 Å². The van der Waals surface area contributed by atoms with Crippen LogP contribution in [0.3, 0.4) is 0 Å². The Balaban J connectivity index is 2.04. The van der Waals surface area contributed by atoms with Crippen molar-refractivity contribution in [1.29, 1.82) is 0 Å². The van der Waals surface area contributed by atoms with E-state index in [0.29, 0.717) is 17.3 Å². The van der Waals surface area contributed by atoms with E-state index in [1.807, 2.05) is 56.3 Å². The topological polar surface area (TPSA) is 75.3 Å². The van der Waals surface area contributed by atoms with Gasteiger partial charge in [-0.2, -0.15) is 4.52 Å². The van der Waals surface area contributed by atoms with Crippen molar-refractivity contribution < 1.29 is 5.11 Å². The number of aromatic nitrogens is 4. The summed E-state index contributed by atoms with van der Waals surface area (Å²) in [5.74, 6) is 1.36. The number of hydrogen-bond donors (Lipinski definition) is 2. The van der Waals surface area contributed by atoms with Crippen LogP contribution < -0.4 is 5.32 Å². The molecule has 0 bridgehead atoms. The van der Waals surface area contributed by atoms with E-state index in [1.54, 1.807) is 4.52 Å². The molecule has 0 fully saturated rings. The highest BCUT2D eigenvalue weighted by Gasteiger charge is 2.17. The van der Waals surface area contributed by atoms with Crippen LogP contribution in [0.1, 0.15) is 13.8 Å². The van der Waals surface area contributed by atoms with Gasteiger partial charge in [-0.05, 0) is 26.0 Å². The summed E-state index contributed by atoms with van der Waals surface area (Å²) < 4.78 is 1.70. The summed E-state index contributed by atoms with van der Waals surface area (Å²) in [5.41, 5.74) is 1.19. The maximum absolute atomic E-state index is 9.34. The summed E-state index contributed by atoms with van der Waals surface area (Å²) in [7, 11) is 0. The van der Waals surface area contributed by atoms with Gasteiger partial charge >= 0.3 is 0 Å². The molecule has 6 nitrogen and oxygen atoms in total. The molecule has 6 heteroatoms.